The maximum atomic E-state index is 13.4. The standard InChI is InChI=1S/C20H26F2N4O5S/c21-20(22)10-26(11-20)15-5-4-14(24-18(15)31-9-13-2-3-13)17(28)25-19(8-16(23)27)6-1-7-32(29,30)12-19/h4-5,13H,1-3,6-12H2,(H2,23,27)(H,25,28). The van der Waals surface area contributed by atoms with E-state index in [0.717, 1.165) is 12.8 Å². The van der Waals surface area contributed by atoms with E-state index in [2.05, 4.69) is 10.3 Å². The number of hydrogen-bond acceptors (Lipinski definition) is 7. The van der Waals surface area contributed by atoms with E-state index in [4.69, 9.17) is 10.5 Å². The molecule has 2 saturated heterocycles. The van der Waals surface area contributed by atoms with Gasteiger partial charge in [0.2, 0.25) is 11.8 Å². The first-order chi connectivity index (χ1) is 15.0. The molecule has 12 heteroatoms. The van der Waals surface area contributed by atoms with Crippen molar-refractivity contribution in [3.05, 3.63) is 17.8 Å². The van der Waals surface area contributed by atoms with E-state index >= 15 is 0 Å². The lowest BCUT2D eigenvalue weighted by molar-refractivity contribution is -0.119. The number of amides is 2. The highest BCUT2D eigenvalue weighted by Crippen LogP contribution is 2.38. The second kappa shape index (κ2) is 8.13. The molecule has 1 aromatic rings. The molecule has 0 spiro atoms. The third kappa shape index (κ3) is 5.28. The average molecular weight is 473 g/mol. The Bertz CT molecular complexity index is 1020. The van der Waals surface area contributed by atoms with Crippen LogP contribution in [0.5, 0.6) is 5.88 Å². The summed E-state index contributed by atoms with van der Waals surface area (Å²) in [5, 5.41) is 2.66. The fourth-order valence-corrected chi connectivity index (χ4v) is 6.08. The quantitative estimate of drug-likeness (QED) is 0.574. The fraction of sp³-hybridized carbons (Fsp3) is 0.650. The van der Waals surface area contributed by atoms with Crippen molar-refractivity contribution in [2.24, 2.45) is 11.7 Å². The summed E-state index contributed by atoms with van der Waals surface area (Å²) in [5.41, 5.74) is 4.33. The minimum Gasteiger partial charge on any atom is -0.476 e. The number of aromatic nitrogens is 1. The van der Waals surface area contributed by atoms with Crippen molar-refractivity contribution in [3.8, 4) is 5.88 Å². The van der Waals surface area contributed by atoms with Gasteiger partial charge in [-0.1, -0.05) is 0 Å². The number of nitrogens with two attached hydrogens (primary N) is 1. The smallest absolute Gasteiger partial charge is 0.282 e. The summed E-state index contributed by atoms with van der Waals surface area (Å²) in [4.78, 5) is 30.2. The number of nitrogens with one attached hydrogen (secondary N) is 1. The largest absolute Gasteiger partial charge is 0.476 e. The SMILES string of the molecule is NC(=O)CC1(NC(=O)c2ccc(N3CC(F)(F)C3)c(OCC3CC3)n2)CCCS(=O)(=O)C1. The van der Waals surface area contributed by atoms with Crippen molar-refractivity contribution < 1.29 is 31.5 Å². The molecule has 0 aromatic carbocycles. The van der Waals surface area contributed by atoms with Gasteiger partial charge in [0.15, 0.2) is 9.84 Å². The fourth-order valence-electron chi connectivity index (χ4n) is 4.19. The molecule has 176 valence electrons. The van der Waals surface area contributed by atoms with Crippen LogP contribution in [0.15, 0.2) is 12.1 Å². The molecular weight excluding hydrogens is 446 g/mol. The van der Waals surface area contributed by atoms with Crippen LogP contribution in [-0.2, 0) is 14.6 Å². The van der Waals surface area contributed by atoms with E-state index in [1.165, 1.54) is 17.0 Å². The topological polar surface area (TPSA) is 132 Å². The van der Waals surface area contributed by atoms with Crippen molar-refractivity contribution in [2.75, 3.05) is 36.1 Å². The van der Waals surface area contributed by atoms with Crippen molar-refractivity contribution in [1.82, 2.24) is 10.3 Å². The molecule has 1 aliphatic carbocycles. The first-order valence-electron chi connectivity index (χ1n) is 10.5. The van der Waals surface area contributed by atoms with Gasteiger partial charge in [-0.2, -0.15) is 0 Å². The van der Waals surface area contributed by atoms with Crippen LogP contribution in [0, 0.1) is 5.92 Å². The molecule has 0 bridgehead atoms. The first-order valence-corrected chi connectivity index (χ1v) is 12.4. The number of alkyl halides is 2. The summed E-state index contributed by atoms with van der Waals surface area (Å²) >= 11 is 0. The highest BCUT2D eigenvalue weighted by molar-refractivity contribution is 7.91. The van der Waals surface area contributed by atoms with E-state index in [9.17, 15) is 26.8 Å². The van der Waals surface area contributed by atoms with Crippen LogP contribution in [0.3, 0.4) is 0 Å². The summed E-state index contributed by atoms with van der Waals surface area (Å²) in [5.74, 6) is -4.13. The second-order valence-electron chi connectivity index (χ2n) is 9.06. The minimum atomic E-state index is -3.45. The number of ether oxygens (including phenoxy) is 1. The highest BCUT2D eigenvalue weighted by atomic mass is 32.2. The number of hydrogen-bond donors (Lipinski definition) is 2. The van der Waals surface area contributed by atoms with Gasteiger partial charge in [0.25, 0.3) is 11.8 Å². The van der Waals surface area contributed by atoms with Gasteiger partial charge in [-0.25, -0.2) is 22.2 Å². The predicted octanol–water partition coefficient (Wildman–Crippen LogP) is 0.878. The second-order valence-corrected chi connectivity index (χ2v) is 11.2. The van der Waals surface area contributed by atoms with E-state index in [-0.39, 0.29) is 35.9 Å². The number of nitrogens with zero attached hydrogens (tertiary/aromatic N) is 2. The number of anilines is 1. The maximum Gasteiger partial charge on any atom is 0.282 e. The van der Waals surface area contributed by atoms with Gasteiger partial charge in [-0.3, -0.25) is 9.59 Å². The third-order valence-corrected chi connectivity index (χ3v) is 7.81. The number of rotatable bonds is 8. The molecule has 1 unspecified atom stereocenters. The number of halogens is 2. The van der Waals surface area contributed by atoms with Gasteiger partial charge >= 0.3 is 0 Å². The van der Waals surface area contributed by atoms with Crippen molar-refractivity contribution in [2.45, 2.75) is 43.6 Å². The van der Waals surface area contributed by atoms with E-state index in [0.29, 0.717) is 24.6 Å². The molecule has 3 heterocycles. The number of pyridine rings is 1. The molecule has 1 saturated carbocycles. The van der Waals surface area contributed by atoms with Gasteiger partial charge in [-0.05, 0) is 43.7 Å². The van der Waals surface area contributed by atoms with E-state index < -0.39 is 46.2 Å². The Hall–Kier alpha value is -2.50. The molecule has 1 aromatic heterocycles. The zero-order chi connectivity index (χ0) is 23.1. The lowest BCUT2D eigenvalue weighted by atomic mass is 9.90. The number of carbonyl (C=O) groups excluding carboxylic acids is 2. The van der Waals surface area contributed by atoms with E-state index in [1.807, 2.05) is 0 Å². The zero-order valence-corrected chi connectivity index (χ0v) is 18.3. The Kier molecular flexibility index (Phi) is 5.76. The van der Waals surface area contributed by atoms with Gasteiger partial charge in [-0.15, -0.1) is 0 Å². The van der Waals surface area contributed by atoms with Crippen LogP contribution in [0.2, 0.25) is 0 Å². The summed E-state index contributed by atoms with van der Waals surface area (Å²) in [6.45, 7) is -0.543. The molecule has 3 fully saturated rings. The Balaban J connectivity index is 1.56. The molecule has 2 amide bonds. The average Bonchev–Trinajstić information content (AvgIpc) is 3.47. The summed E-state index contributed by atoms with van der Waals surface area (Å²) in [6, 6.07) is 2.87. The maximum absolute atomic E-state index is 13.4. The number of primary amides is 1. The number of carbonyl (C=O) groups is 2. The Morgan fingerprint density at radius 3 is 2.59 bits per heavy atom. The predicted molar refractivity (Wildman–Crippen MR) is 112 cm³/mol. The Morgan fingerprint density at radius 1 is 1.28 bits per heavy atom. The normalized spacial score (nSPS) is 26.1. The molecular formula is C20H26F2N4O5S. The zero-order valence-electron chi connectivity index (χ0n) is 17.5. The van der Waals surface area contributed by atoms with Gasteiger partial charge in [0.1, 0.15) is 11.4 Å². The summed E-state index contributed by atoms with van der Waals surface area (Å²) in [6.07, 6.45) is 2.29. The Morgan fingerprint density at radius 2 is 2.00 bits per heavy atom. The van der Waals surface area contributed by atoms with Gasteiger partial charge in [0, 0.05) is 0 Å². The highest BCUT2D eigenvalue weighted by Gasteiger charge is 2.45. The summed E-state index contributed by atoms with van der Waals surface area (Å²) in [7, 11) is -3.45. The van der Waals surface area contributed by atoms with Gasteiger partial charge < -0.3 is 20.7 Å². The van der Waals surface area contributed by atoms with Crippen molar-refractivity contribution >= 4 is 27.3 Å². The van der Waals surface area contributed by atoms with Gasteiger partial charge in [0.05, 0.1) is 43.2 Å². The molecule has 0 radical (unpaired) electrons. The molecule has 32 heavy (non-hydrogen) atoms. The molecule has 3 N–H and O–H groups in total. The third-order valence-electron chi connectivity index (χ3n) is 5.91. The molecule has 2 aliphatic heterocycles. The lowest BCUT2D eigenvalue weighted by Crippen LogP contribution is -2.57. The molecule has 1 atom stereocenters. The van der Waals surface area contributed by atoms with Crippen LogP contribution in [0.1, 0.15) is 42.6 Å². The first kappa shape index (κ1) is 22.7. The van der Waals surface area contributed by atoms with Crippen LogP contribution in [0.4, 0.5) is 14.5 Å². The van der Waals surface area contributed by atoms with Crippen molar-refractivity contribution in [3.63, 3.8) is 0 Å². The monoisotopic (exact) mass is 472 g/mol. The number of sulfone groups is 1. The molecule has 3 aliphatic rings. The lowest BCUT2D eigenvalue weighted by Gasteiger charge is -2.40. The van der Waals surface area contributed by atoms with Crippen LogP contribution in [0.25, 0.3) is 0 Å². The molecule has 9 nitrogen and oxygen atoms in total. The van der Waals surface area contributed by atoms with Crippen LogP contribution < -0.4 is 20.7 Å². The van der Waals surface area contributed by atoms with Crippen LogP contribution in [-0.4, -0.2) is 67.9 Å². The minimum absolute atomic E-state index is 0.0179. The Labute approximate surface area is 184 Å². The van der Waals surface area contributed by atoms with E-state index in [1.54, 1.807) is 0 Å². The molecule has 4 rings (SSSR count). The van der Waals surface area contributed by atoms with Crippen molar-refractivity contribution in [1.29, 1.82) is 0 Å². The summed E-state index contributed by atoms with van der Waals surface area (Å²) < 4.78 is 56.8. The van der Waals surface area contributed by atoms with Crippen LogP contribution >= 0.6 is 0 Å².